The molecule has 1 aromatic heterocycles. The number of ketones is 1. The maximum atomic E-state index is 12.8. The van der Waals surface area contributed by atoms with Crippen molar-refractivity contribution in [2.45, 2.75) is 19.3 Å². The molecule has 2 N–H and O–H groups in total. The zero-order valence-electron chi connectivity index (χ0n) is 12.5. The normalized spacial score (nSPS) is 10.2. The molecule has 126 valence electrons. The zero-order valence-corrected chi connectivity index (χ0v) is 14.0. The van der Waals surface area contributed by atoms with Gasteiger partial charge in [0.15, 0.2) is 5.78 Å². The Balaban J connectivity index is 1.69. The van der Waals surface area contributed by atoms with Gasteiger partial charge >= 0.3 is 0 Å². The predicted molar refractivity (Wildman–Crippen MR) is 89.3 cm³/mol. The molecule has 0 bridgehead atoms. The molecule has 0 fully saturated rings. The number of nitrogens with one attached hydrogen (secondary N) is 2. The van der Waals surface area contributed by atoms with E-state index in [4.69, 9.17) is 11.6 Å². The average molecular weight is 369 g/mol. The Bertz CT molecular complexity index is 746. The van der Waals surface area contributed by atoms with E-state index in [0.717, 1.165) is 11.3 Å². The van der Waals surface area contributed by atoms with Crippen LogP contribution in [0, 0.1) is 5.82 Å². The van der Waals surface area contributed by atoms with Gasteiger partial charge in [0.2, 0.25) is 11.8 Å². The smallest absolute Gasteiger partial charge is 0.242 e. The minimum absolute atomic E-state index is 0.00713. The standard InChI is InChI=1S/C16H14ClFN2O3S/c17-14-7-6-13(24-14)12(21)5-8-15(22)19-20-16(23)9-10-1-3-11(18)4-2-10/h1-4,6-7H,5,8-9H2,(H,19,22)(H,20,23). The number of benzene rings is 1. The third kappa shape index (κ3) is 5.75. The number of carbonyl (C=O) groups excluding carboxylic acids is 3. The molecule has 8 heteroatoms. The molecule has 0 aliphatic heterocycles. The third-order valence-corrected chi connectivity index (χ3v) is 4.32. The first kappa shape index (κ1) is 18.1. The van der Waals surface area contributed by atoms with Crippen molar-refractivity contribution in [3.05, 3.63) is 57.0 Å². The monoisotopic (exact) mass is 368 g/mol. The molecule has 0 saturated carbocycles. The van der Waals surface area contributed by atoms with Crippen molar-refractivity contribution in [2.75, 3.05) is 0 Å². The number of amides is 2. The second kappa shape index (κ2) is 8.56. The summed E-state index contributed by atoms with van der Waals surface area (Å²) in [7, 11) is 0. The maximum absolute atomic E-state index is 12.8. The summed E-state index contributed by atoms with van der Waals surface area (Å²) >= 11 is 6.90. The second-order valence-electron chi connectivity index (χ2n) is 4.93. The van der Waals surface area contributed by atoms with Crippen LogP contribution < -0.4 is 10.9 Å². The minimum atomic E-state index is -0.474. The summed E-state index contributed by atoms with van der Waals surface area (Å²) in [4.78, 5) is 35.6. The van der Waals surface area contributed by atoms with E-state index in [9.17, 15) is 18.8 Å². The van der Waals surface area contributed by atoms with Crippen molar-refractivity contribution in [1.82, 2.24) is 10.9 Å². The van der Waals surface area contributed by atoms with Crippen LogP contribution in [0.4, 0.5) is 4.39 Å². The molecule has 0 saturated heterocycles. The SMILES string of the molecule is O=C(CCC(=O)c1ccc(Cl)s1)NNC(=O)Cc1ccc(F)cc1. The van der Waals surface area contributed by atoms with E-state index in [1.165, 1.54) is 24.3 Å². The van der Waals surface area contributed by atoms with Crippen molar-refractivity contribution in [3.63, 3.8) is 0 Å². The number of thiophene rings is 1. The lowest BCUT2D eigenvalue weighted by molar-refractivity contribution is -0.128. The highest BCUT2D eigenvalue weighted by Crippen LogP contribution is 2.22. The van der Waals surface area contributed by atoms with Crippen LogP contribution in [0.2, 0.25) is 4.34 Å². The lowest BCUT2D eigenvalue weighted by Gasteiger charge is -2.07. The van der Waals surface area contributed by atoms with Gasteiger partial charge in [0.05, 0.1) is 15.6 Å². The summed E-state index contributed by atoms with van der Waals surface area (Å²) < 4.78 is 13.3. The summed E-state index contributed by atoms with van der Waals surface area (Å²) in [5.74, 6) is -1.48. The molecule has 0 atom stereocenters. The number of hydrogen-bond donors (Lipinski definition) is 2. The molecule has 0 aliphatic carbocycles. The van der Waals surface area contributed by atoms with Gasteiger partial charge in [0, 0.05) is 12.8 Å². The van der Waals surface area contributed by atoms with E-state index in [-0.39, 0.29) is 30.9 Å². The molecule has 0 aliphatic rings. The predicted octanol–water partition coefficient (Wildman–Crippen LogP) is 2.89. The van der Waals surface area contributed by atoms with Gasteiger partial charge in [-0.2, -0.15) is 0 Å². The fraction of sp³-hybridized carbons (Fsp3) is 0.188. The van der Waals surface area contributed by atoms with E-state index in [1.807, 2.05) is 0 Å². The lowest BCUT2D eigenvalue weighted by Crippen LogP contribution is -2.42. The van der Waals surface area contributed by atoms with Gasteiger partial charge in [-0.1, -0.05) is 23.7 Å². The molecule has 24 heavy (non-hydrogen) atoms. The molecule has 0 radical (unpaired) electrons. The highest BCUT2D eigenvalue weighted by atomic mass is 35.5. The summed E-state index contributed by atoms with van der Waals surface area (Å²) in [6.45, 7) is 0. The Morgan fingerprint density at radius 1 is 0.958 bits per heavy atom. The molecule has 1 heterocycles. The molecule has 5 nitrogen and oxygen atoms in total. The van der Waals surface area contributed by atoms with E-state index in [2.05, 4.69) is 10.9 Å². The van der Waals surface area contributed by atoms with Gasteiger partial charge < -0.3 is 0 Å². The average Bonchev–Trinajstić information content (AvgIpc) is 2.99. The van der Waals surface area contributed by atoms with Gasteiger partial charge in [-0.25, -0.2) is 4.39 Å². The second-order valence-corrected chi connectivity index (χ2v) is 6.64. The highest BCUT2D eigenvalue weighted by molar-refractivity contribution is 7.18. The molecular weight excluding hydrogens is 355 g/mol. The molecule has 1 aromatic carbocycles. The first-order valence-corrected chi connectivity index (χ1v) is 8.24. The number of carbonyl (C=O) groups is 3. The zero-order chi connectivity index (χ0) is 17.5. The maximum Gasteiger partial charge on any atom is 0.242 e. The number of hydrogen-bond acceptors (Lipinski definition) is 4. The van der Waals surface area contributed by atoms with E-state index in [0.29, 0.717) is 14.8 Å². The summed E-state index contributed by atoms with van der Waals surface area (Å²) in [6.07, 6.45) is -0.0190. The Hall–Kier alpha value is -2.25. The Kier molecular flexibility index (Phi) is 6.45. The fourth-order valence-corrected chi connectivity index (χ4v) is 2.86. The van der Waals surface area contributed by atoms with Crippen LogP contribution in [0.1, 0.15) is 28.1 Å². The van der Waals surface area contributed by atoms with Crippen LogP contribution in [0.25, 0.3) is 0 Å². The first-order chi connectivity index (χ1) is 11.4. The number of Topliss-reactive ketones (excluding diaryl/α,β-unsaturated/α-hetero) is 1. The number of rotatable bonds is 6. The summed E-state index contributed by atoms with van der Waals surface area (Å²) in [5.41, 5.74) is 5.11. The van der Waals surface area contributed by atoms with Crippen molar-refractivity contribution in [2.24, 2.45) is 0 Å². The van der Waals surface area contributed by atoms with Crippen LogP contribution in [0.15, 0.2) is 36.4 Å². The fourth-order valence-electron chi connectivity index (χ4n) is 1.85. The van der Waals surface area contributed by atoms with Crippen LogP contribution in [-0.2, 0) is 16.0 Å². The molecule has 2 rings (SSSR count). The van der Waals surface area contributed by atoms with Crippen molar-refractivity contribution >= 4 is 40.5 Å². The van der Waals surface area contributed by atoms with Crippen molar-refractivity contribution in [3.8, 4) is 0 Å². The summed E-state index contributed by atoms with van der Waals surface area (Å²) in [6, 6.07) is 8.71. The number of hydrazine groups is 1. The largest absolute Gasteiger partial charge is 0.293 e. The quantitative estimate of drug-likeness (QED) is 0.608. The topological polar surface area (TPSA) is 75.3 Å². The van der Waals surface area contributed by atoms with Crippen molar-refractivity contribution < 1.29 is 18.8 Å². The van der Waals surface area contributed by atoms with Gasteiger partial charge in [0.1, 0.15) is 5.82 Å². The van der Waals surface area contributed by atoms with Crippen LogP contribution in [0.3, 0.4) is 0 Å². The molecule has 0 spiro atoms. The highest BCUT2D eigenvalue weighted by Gasteiger charge is 2.12. The van der Waals surface area contributed by atoms with Gasteiger partial charge in [-0.05, 0) is 29.8 Å². The minimum Gasteiger partial charge on any atom is -0.293 e. The molecule has 2 amide bonds. The van der Waals surface area contributed by atoms with E-state index in [1.54, 1.807) is 12.1 Å². The third-order valence-electron chi connectivity index (χ3n) is 3.05. The first-order valence-electron chi connectivity index (χ1n) is 7.04. The molecule has 2 aromatic rings. The van der Waals surface area contributed by atoms with Crippen molar-refractivity contribution in [1.29, 1.82) is 0 Å². The summed E-state index contributed by atoms with van der Waals surface area (Å²) in [5, 5.41) is 0. The molecule has 0 unspecified atom stereocenters. The van der Waals surface area contributed by atoms with Gasteiger partial charge in [-0.15, -0.1) is 11.3 Å². The van der Waals surface area contributed by atoms with Crippen LogP contribution >= 0.6 is 22.9 Å². The number of halogens is 2. The van der Waals surface area contributed by atoms with Gasteiger partial charge in [-0.3, -0.25) is 25.2 Å². The Morgan fingerprint density at radius 3 is 2.25 bits per heavy atom. The van der Waals surface area contributed by atoms with Gasteiger partial charge in [0.25, 0.3) is 0 Å². The van der Waals surface area contributed by atoms with Crippen LogP contribution in [0.5, 0.6) is 0 Å². The van der Waals surface area contributed by atoms with E-state index >= 15 is 0 Å². The lowest BCUT2D eigenvalue weighted by atomic mass is 10.1. The Labute approximate surface area is 146 Å². The Morgan fingerprint density at radius 2 is 1.62 bits per heavy atom. The van der Waals surface area contributed by atoms with E-state index < -0.39 is 11.8 Å². The van der Waals surface area contributed by atoms with Crippen LogP contribution in [-0.4, -0.2) is 17.6 Å². The molecular formula is C16H14ClFN2O3S.